The molecule has 6 heteroatoms. The molecule has 1 aliphatic rings. The number of rotatable bonds is 5. The fourth-order valence-electron chi connectivity index (χ4n) is 2.75. The summed E-state index contributed by atoms with van der Waals surface area (Å²) < 4.78 is 22.8. The highest BCUT2D eigenvalue weighted by Gasteiger charge is 2.39. The van der Waals surface area contributed by atoms with Gasteiger partial charge in [0.25, 0.3) is 0 Å². The molecule has 0 saturated heterocycles. The Balaban J connectivity index is 1.88. The van der Waals surface area contributed by atoms with Gasteiger partial charge in [0.2, 0.25) is 0 Å². The van der Waals surface area contributed by atoms with Gasteiger partial charge in [-0.3, -0.25) is 0 Å². The molecule has 0 amide bonds. The third-order valence-corrected chi connectivity index (χ3v) is 6.24. The van der Waals surface area contributed by atoms with Crippen molar-refractivity contribution in [3.05, 3.63) is 24.3 Å². The lowest BCUT2D eigenvalue weighted by molar-refractivity contribution is 0.389. The van der Waals surface area contributed by atoms with E-state index in [1.54, 1.807) is 23.9 Å². The number of sulfone groups is 1. The minimum Gasteiger partial charge on any atom is -0.313 e. The monoisotopic (exact) mass is 324 g/mol. The minimum absolute atomic E-state index is 0.269. The quantitative estimate of drug-likeness (QED) is 0.842. The van der Waals surface area contributed by atoms with Crippen LogP contribution in [0.25, 0.3) is 0 Å². The fraction of sp³-hybridized carbons (Fsp3) is 0.533. The zero-order valence-electron chi connectivity index (χ0n) is 12.1. The Kier molecular flexibility index (Phi) is 4.97. The van der Waals surface area contributed by atoms with Gasteiger partial charge in [-0.15, -0.1) is 11.8 Å². The molecule has 2 unspecified atom stereocenters. The summed E-state index contributed by atoms with van der Waals surface area (Å²) in [6.45, 7) is 0. The van der Waals surface area contributed by atoms with Crippen LogP contribution in [0.15, 0.2) is 34.1 Å². The van der Waals surface area contributed by atoms with E-state index in [2.05, 4.69) is 6.07 Å². The molecule has 0 heterocycles. The third-order valence-electron chi connectivity index (χ3n) is 4.07. The molecular formula is C15H20N2O2S2. The van der Waals surface area contributed by atoms with E-state index in [0.717, 1.165) is 36.3 Å². The number of nitrogens with zero attached hydrogens (tertiary/aromatic N) is 1. The van der Waals surface area contributed by atoms with Gasteiger partial charge in [0.15, 0.2) is 9.84 Å². The van der Waals surface area contributed by atoms with E-state index < -0.39 is 15.4 Å². The molecule has 0 bridgehead atoms. The molecule has 2 N–H and O–H groups in total. The Bertz CT molecular complexity index is 635. The highest BCUT2D eigenvalue weighted by molar-refractivity contribution is 7.99. The number of nitriles is 1. The van der Waals surface area contributed by atoms with Gasteiger partial charge in [-0.2, -0.15) is 5.26 Å². The van der Waals surface area contributed by atoms with E-state index in [0.29, 0.717) is 4.90 Å². The Morgan fingerprint density at radius 1 is 1.43 bits per heavy atom. The largest absolute Gasteiger partial charge is 0.313 e. The molecule has 1 aliphatic carbocycles. The molecule has 1 saturated carbocycles. The second-order valence-corrected chi connectivity index (χ2v) is 8.81. The zero-order valence-corrected chi connectivity index (χ0v) is 13.7. The van der Waals surface area contributed by atoms with Crippen molar-refractivity contribution in [1.29, 1.82) is 5.26 Å². The number of thioether (sulfide) groups is 1. The first-order chi connectivity index (χ1) is 9.85. The van der Waals surface area contributed by atoms with Crippen molar-refractivity contribution >= 4 is 21.6 Å². The molecule has 2 atom stereocenters. The topological polar surface area (TPSA) is 83.9 Å². The van der Waals surface area contributed by atoms with Crippen LogP contribution in [-0.4, -0.2) is 26.0 Å². The predicted octanol–water partition coefficient (Wildman–Crippen LogP) is 2.59. The van der Waals surface area contributed by atoms with E-state index in [-0.39, 0.29) is 5.92 Å². The van der Waals surface area contributed by atoms with E-state index in [4.69, 9.17) is 5.73 Å². The molecular weight excluding hydrogens is 304 g/mol. The number of hydrogen-bond acceptors (Lipinski definition) is 5. The van der Waals surface area contributed by atoms with Gasteiger partial charge in [0.05, 0.1) is 11.0 Å². The van der Waals surface area contributed by atoms with Crippen molar-refractivity contribution in [1.82, 2.24) is 0 Å². The Hall–Kier alpha value is -1.03. The second-order valence-electron chi connectivity index (χ2n) is 5.62. The summed E-state index contributed by atoms with van der Waals surface area (Å²) in [6.07, 6.45) is 4.97. The van der Waals surface area contributed by atoms with Gasteiger partial charge in [-0.1, -0.05) is 6.42 Å². The van der Waals surface area contributed by atoms with Gasteiger partial charge in [0, 0.05) is 11.2 Å². The van der Waals surface area contributed by atoms with Crippen molar-refractivity contribution < 1.29 is 8.42 Å². The molecule has 0 spiro atoms. The Morgan fingerprint density at radius 3 is 2.67 bits per heavy atom. The number of benzene rings is 1. The molecule has 0 radical (unpaired) electrons. The zero-order chi connectivity index (χ0) is 15.5. The lowest BCUT2D eigenvalue weighted by Crippen LogP contribution is -2.41. The summed E-state index contributed by atoms with van der Waals surface area (Å²) in [5.41, 5.74) is 5.46. The van der Waals surface area contributed by atoms with E-state index >= 15 is 0 Å². The summed E-state index contributed by atoms with van der Waals surface area (Å²) >= 11 is 1.68. The summed E-state index contributed by atoms with van der Waals surface area (Å²) in [6, 6.07) is 9.19. The first kappa shape index (κ1) is 16.3. The maximum absolute atomic E-state index is 11.4. The molecule has 2 rings (SSSR count). The highest BCUT2D eigenvalue weighted by Crippen LogP contribution is 2.37. The average Bonchev–Trinajstić information content (AvgIpc) is 2.81. The lowest BCUT2D eigenvalue weighted by Gasteiger charge is -2.23. The van der Waals surface area contributed by atoms with Crippen molar-refractivity contribution in [3.8, 4) is 6.07 Å². The van der Waals surface area contributed by atoms with E-state index in [1.165, 1.54) is 6.26 Å². The maximum atomic E-state index is 11.4. The SMILES string of the molecule is CS(=O)(=O)c1ccc(SCCC2CCCC2(N)C#N)cc1. The summed E-state index contributed by atoms with van der Waals surface area (Å²) in [7, 11) is -3.13. The van der Waals surface area contributed by atoms with Gasteiger partial charge < -0.3 is 5.73 Å². The number of nitrogens with two attached hydrogens (primary N) is 1. The lowest BCUT2D eigenvalue weighted by atomic mass is 9.88. The van der Waals surface area contributed by atoms with Crippen molar-refractivity contribution in [2.45, 2.75) is 41.0 Å². The first-order valence-corrected chi connectivity index (χ1v) is 9.86. The van der Waals surface area contributed by atoms with Crippen molar-refractivity contribution in [2.24, 2.45) is 11.7 Å². The molecule has 0 aliphatic heterocycles. The summed E-state index contributed by atoms with van der Waals surface area (Å²) in [4.78, 5) is 1.38. The molecule has 0 aromatic heterocycles. The van der Waals surface area contributed by atoms with Crippen LogP contribution in [0.4, 0.5) is 0 Å². The molecule has 114 valence electrons. The predicted molar refractivity (Wildman–Crippen MR) is 84.8 cm³/mol. The van der Waals surface area contributed by atoms with Crippen LogP contribution in [0.2, 0.25) is 0 Å². The van der Waals surface area contributed by atoms with Crippen LogP contribution in [0.3, 0.4) is 0 Å². The first-order valence-electron chi connectivity index (χ1n) is 6.98. The van der Waals surface area contributed by atoms with Crippen LogP contribution in [0, 0.1) is 17.2 Å². The van der Waals surface area contributed by atoms with Crippen molar-refractivity contribution in [3.63, 3.8) is 0 Å². The molecule has 21 heavy (non-hydrogen) atoms. The van der Waals surface area contributed by atoms with Gasteiger partial charge in [-0.05, 0) is 55.2 Å². The van der Waals surface area contributed by atoms with Crippen LogP contribution >= 0.6 is 11.8 Å². The van der Waals surface area contributed by atoms with Crippen LogP contribution in [0.1, 0.15) is 25.7 Å². The Morgan fingerprint density at radius 2 is 2.10 bits per heavy atom. The average molecular weight is 324 g/mol. The van der Waals surface area contributed by atoms with Crippen molar-refractivity contribution in [2.75, 3.05) is 12.0 Å². The van der Waals surface area contributed by atoms with Gasteiger partial charge >= 0.3 is 0 Å². The standard InChI is InChI=1S/C15H20N2O2S2/c1-21(18,19)14-6-4-13(5-7-14)20-10-8-12-3-2-9-15(12,17)11-16/h4-7,12H,2-3,8-10,17H2,1H3. The smallest absolute Gasteiger partial charge is 0.175 e. The molecule has 1 aromatic rings. The van der Waals surface area contributed by atoms with Gasteiger partial charge in [0.1, 0.15) is 5.54 Å². The summed E-state index contributed by atoms with van der Waals surface area (Å²) in [5.74, 6) is 1.16. The van der Waals surface area contributed by atoms with Gasteiger partial charge in [-0.25, -0.2) is 8.42 Å². The number of hydrogen-bond donors (Lipinski definition) is 1. The van der Waals surface area contributed by atoms with E-state index in [9.17, 15) is 13.7 Å². The molecule has 1 fully saturated rings. The van der Waals surface area contributed by atoms with Crippen LogP contribution in [0.5, 0.6) is 0 Å². The molecule has 4 nitrogen and oxygen atoms in total. The molecule has 1 aromatic carbocycles. The normalized spacial score (nSPS) is 25.7. The maximum Gasteiger partial charge on any atom is 0.175 e. The fourth-order valence-corrected chi connectivity index (χ4v) is 4.35. The third kappa shape index (κ3) is 4.00. The van der Waals surface area contributed by atoms with Crippen LogP contribution < -0.4 is 5.73 Å². The van der Waals surface area contributed by atoms with E-state index in [1.807, 2.05) is 12.1 Å². The highest BCUT2D eigenvalue weighted by atomic mass is 32.2. The Labute approximate surface area is 130 Å². The second kappa shape index (κ2) is 6.39. The minimum atomic E-state index is -3.13. The summed E-state index contributed by atoms with van der Waals surface area (Å²) in [5, 5.41) is 9.18. The van der Waals surface area contributed by atoms with Crippen LogP contribution in [-0.2, 0) is 9.84 Å².